The maximum absolute atomic E-state index is 12.7. The fourth-order valence-corrected chi connectivity index (χ4v) is 3.64. The summed E-state index contributed by atoms with van der Waals surface area (Å²) in [5.41, 5.74) is 6.46. The van der Waals surface area contributed by atoms with Gasteiger partial charge in [-0.3, -0.25) is 14.9 Å². The normalized spacial score (nSPS) is 14.7. The van der Waals surface area contributed by atoms with Gasteiger partial charge < -0.3 is 15.5 Å². The summed E-state index contributed by atoms with van der Waals surface area (Å²) in [7, 11) is 0. The van der Waals surface area contributed by atoms with Crippen molar-refractivity contribution in [2.24, 2.45) is 0 Å². The Morgan fingerprint density at radius 2 is 2.00 bits per heavy atom. The van der Waals surface area contributed by atoms with Crippen molar-refractivity contribution in [2.45, 2.75) is 6.92 Å². The predicted octanol–water partition coefficient (Wildman–Crippen LogP) is 2.51. The van der Waals surface area contributed by atoms with Crippen molar-refractivity contribution in [3.05, 3.63) is 50.9 Å². The van der Waals surface area contributed by atoms with E-state index in [0.717, 1.165) is 13.1 Å². The molecule has 0 unspecified atom stereocenters. The fourth-order valence-electron chi connectivity index (χ4n) is 2.86. The van der Waals surface area contributed by atoms with Crippen LogP contribution >= 0.6 is 11.3 Å². The first kappa shape index (κ1) is 16.3. The topological polar surface area (TPSA) is 92.7 Å². The molecular formula is C16H18N4O3S. The van der Waals surface area contributed by atoms with Crippen molar-refractivity contribution in [3.63, 3.8) is 0 Å². The number of nitro benzene ring substituents is 1. The van der Waals surface area contributed by atoms with E-state index in [9.17, 15) is 14.9 Å². The third-order valence-electron chi connectivity index (χ3n) is 4.11. The summed E-state index contributed by atoms with van der Waals surface area (Å²) in [5, 5.41) is 14.3. The molecule has 1 aromatic heterocycles. The Labute approximate surface area is 143 Å². The van der Waals surface area contributed by atoms with Crippen molar-refractivity contribution >= 4 is 33.6 Å². The van der Waals surface area contributed by atoms with Gasteiger partial charge in [-0.1, -0.05) is 0 Å². The minimum Gasteiger partial charge on any atom is -0.393 e. The number of nitrogens with two attached hydrogens (primary N) is 1. The zero-order chi connectivity index (χ0) is 17.3. The third kappa shape index (κ3) is 3.05. The summed E-state index contributed by atoms with van der Waals surface area (Å²) in [5.74, 6) is -0.245. The lowest BCUT2D eigenvalue weighted by atomic mass is 10.1. The number of aryl methyl sites for hydroxylation is 1. The van der Waals surface area contributed by atoms with E-state index in [2.05, 4.69) is 11.0 Å². The van der Waals surface area contributed by atoms with E-state index < -0.39 is 4.92 Å². The van der Waals surface area contributed by atoms with Crippen LogP contribution in [-0.4, -0.2) is 41.9 Å². The number of hydrogen-bond acceptors (Lipinski definition) is 6. The van der Waals surface area contributed by atoms with Crippen LogP contribution in [0.1, 0.15) is 15.9 Å². The lowest BCUT2D eigenvalue weighted by Crippen LogP contribution is -2.48. The van der Waals surface area contributed by atoms with Crippen molar-refractivity contribution < 1.29 is 9.72 Å². The molecule has 0 radical (unpaired) electrons. The Hall–Kier alpha value is -2.61. The molecule has 1 aliphatic rings. The highest BCUT2D eigenvalue weighted by molar-refractivity contribution is 7.14. The number of nitro groups is 1. The van der Waals surface area contributed by atoms with Crippen molar-refractivity contribution in [1.29, 1.82) is 0 Å². The van der Waals surface area contributed by atoms with Gasteiger partial charge in [-0.2, -0.15) is 0 Å². The Morgan fingerprint density at radius 3 is 2.58 bits per heavy atom. The number of nitrogens with zero attached hydrogens (tertiary/aromatic N) is 3. The third-order valence-corrected chi connectivity index (χ3v) is 5.04. The molecule has 1 amide bonds. The number of piperazine rings is 1. The van der Waals surface area contributed by atoms with E-state index in [0.29, 0.717) is 18.7 Å². The maximum Gasteiger partial charge on any atom is 0.293 e. The largest absolute Gasteiger partial charge is 0.393 e. The second-order valence-corrected chi connectivity index (χ2v) is 6.66. The standard InChI is InChI=1S/C16H18N4O3S/c1-11-9-12(15(17)13(10-11)20(22)23)16(21)19-6-4-18(5-7-19)14-3-2-8-24-14/h2-3,8-10H,4-7,17H2,1H3. The summed E-state index contributed by atoms with van der Waals surface area (Å²) >= 11 is 1.67. The summed E-state index contributed by atoms with van der Waals surface area (Å²) in [4.78, 5) is 27.2. The monoisotopic (exact) mass is 346 g/mol. The van der Waals surface area contributed by atoms with Crippen LogP contribution in [0.2, 0.25) is 0 Å². The summed E-state index contributed by atoms with van der Waals surface area (Å²) < 4.78 is 0. The molecule has 2 aromatic rings. The highest BCUT2D eigenvalue weighted by Gasteiger charge is 2.27. The van der Waals surface area contributed by atoms with Crippen LogP contribution in [0.3, 0.4) is 0 Å². The zero-order valence-corrected chi connectivity index (χ0v) is 14.1. The molecule has 0 bridgehead atoms. The van der Waals surface area contributed by atoms with Crippen LogP contribution in [0.15, 0.2) is 29.6 Å². The molecule has 1 aromatic carbocycles. The quantitative estimate of drug-likeness (QED) is 0.524. The van der Waals surface area contributed by atoms with E-state index in [-0.39, 0.29) is 22.8 Å². The van der Waals surface area contributed by atoms with Gasteiger partial charge in [0.1, 0.15) is 5.69 Å². The highest BCUT2D eigenvalue weighted by Crippen LogP contribution is 2.29. The van der Waals surface area contributed by atoms with Gasteiger partial charge in [-0.05, 0) is 36.1 Å². The van der Waals surface area contributed by atoms with E-state index in [4.69, 9.17) is 5.73 Å². The number of amides is 1. The summed E-state index contributed by atoms with van der Waals surface area (Å²) in [6.45, 7) is 4.33. The lowest BCUT2D eigenvalue weighted by molar-refractivity contribution is -0.384. The molecule has 7 nitrogen and oxygen atoms in total. The molecule has 1 fully saturated rings. The first-order valence-electron chi connectivity index (χ1n) is 7.59. The number of carbonyl (C=O) groups excluding carboxylic acids is 1. The second kappa shape index (κ2) is 6.48. The molecule has 0 spiro atoms. The number of rotatable bonds is 3. The number of anilines is 2. The Balaban J connectivity index is 1.77. The Kier molecular flexibility index (Phi) is 4.39. The minimum atomic E-state index is -0.548. The van der Waals surface area contributed by atoms with Crippen LogP contribution in [-0.2, 0) is 0 Å². The molecule has 3 rings (SSSR count). The van der Waals surface area contributed by atoms with Gasteiger partial charge in [0.05, 0.1) is 15.5 Å². The lowest BCUT2D eigenvalue weighted by Gasteiger charge is -2.35. The number of carbonyl (C=O) groups is 1. The van der Waals surface area contributed by atoms with Gasteiger partial charge in [0, 0.05) is 32.2 Å². The minimum absolute atomic E-state index is 0.0590. The van der Waals surface area contributed by atoms with E-state index in [1.165, 1.54) is 11.1 Å². The Morgan fingerprint density at radius 1 is 1.29 bits per heavy atom. The average Bonchev–Trinajstić information content (AvgIpc) is 3.10. The molecule has 126 valence electrons. The molecule has 1 aliphatic heterocycles. The van der Waals surface area contributed by atoms with Crippen LogP contribution in [0.25, 0.3) is 0 Å². The summed E-state index contributed by atoms with van der Waals surface area (Å²) in [6, 6.07) is 7.07. The number of benzene rings is 1. The van der Waals surface area contributed by atoms with Gasteiger partial charge >= 0.3 is 0 Å². The molecule has 8 heteroatoms. The second-order valence-electron chi connectivity index (χ2n) is 5.73. The van der Waals surface area contributed by atoms with E-state index in [1.807, 2.05) is 11.4 Å². The molecule has 24 heavy (non-hydrogen) atoms. The fraction of sp³-hybridized carbons (Fsp3) is 0.312. The van der Waals surface area contributed by atoms with Crippen LogP contribution in [0.5, 0.6) is 0 Å². The smallest absolute Gasteiger partial charge is 0.293 e. The number of nitrogen functional groups attached to an aromatic ring is 1. The van der Waals surface area contributed by atoms with Crippen molar-refractivity contribution in [3.8, 4) is 0 Å². The molecule has 0 saturated carbocycles. The first-order valence-corrected chi connectivity index (χ1v) is 8.47. The predicted molar refractivity (Wildman–Crippen MR) is 94.7 cm³/mol. The molecule has 2 N–H and O–H groups in total. The van der Waals surface area contributed by atoms with Gasteiger partial charge in [0.25, 0.3) is 11.6 Å². The van der Waals surface area contributed by atoms with Crippen molar-refractivity contribution in [1.82, 2.24) is 4.90 Å². The van der Waals surface area contributed by atoms with Gasteiger partial charge in [-0.25, -0.2) is 0 Å². The van der Waals surface area contributed by atoms with Crippen LogP contribution in [0, 0.1) is 17.0 Å². The van der Waals surface area contributed by atoms with Crippen LogP contribution < -0.4 is 10.6 Å². The molecule has 2 heterocycles. The number of hydrogen-bond donors (Lipinski definition) is 1. The van der Waals surface area contributed by atoms with Gasteiger partial charge in [0.15, 0.2) is 0 Å². The van der Waals surface area contributed by atoms with Crippen LogP contribution in [0.4, 0.5) is 16.4 Å². The molecular weight excluding hydrogens is 328 g/mol. The zero-order valence-electron chi connectivity index (χ0n) is 13.3. The molecule has 0 atom stereocenters. The first-order chi connectivity index (χ1) is 11.5. The maximum atomic E-state index is 12.7. The summed E-state index contributed by atoms with van der Waals surface area (Å²) in [6.07, 6.45) is 0. The van der Waals surface area contributed by atoms with Gasteiger partial charge in [0.2, 0.25) is 0 Å². The molecule has 1 saturated heterocycles. The molecule has 0 aliphatic carbocycles. The Bertz CT molecular complexity index is 768. The van der Waals surface area contributed by atoms with Crippen molar-refractivity contribution in [2.75, 3.05) is 36.8 Å². The van der Waals surface area contributed by atoms with Gasteiger partial charge in [-0.15, -0.1) is 11.3 Å². The highest BCUT2D eigenvalue weighted by atomic mass is 32.1. The average molecular weight is 346 g/mol. The number of thiophene rings is 1. The van der Waals surface area contributed by atoms with E-state index >= 15 is 0 Å². The SMILES string of the molecule is Cc1cc(C(=O)N2CCN(c3cccs3)CC2)c(N)c([N+](=O)[O-])c1. The van der Waals surface area contributed by atoms with E-state index in [1.54, 1.807) is 29.2 Å².